The van der Waals surface area contributed by atoms with Crippen molar-refractivity contribution in [3.8, 4) is 0 Å². The molecule has 33 heavy (non-hydrogen) atoms. The first-order chi connectivity index (χ1) is 15.6. The van der Waals surface area contributed by atoms with Crippen molar-refractivity contribution in [2.45, 2.75) is 62.7 Å². The summed E-state index contributed by atoms with van der Waals surface area (Å²) in [4.78, 5) is 24.4. The average molecular weight is 474 g/mol. The molecule has 1 unspecified atom stereocenters. The molecule has 1 fully saturated rings. The first-order valence-corrected chi connectivity index (χ1v) is 13.0. The number of nitrogens with one attached hydrogen (secondary N) is 2. The van der Waals surface area contributed by atoms with Crippen LogP contribution >= 0.6 is 0 Å². The number of sulfone groups is 1. The zero-order chi connectivity index (χ0) is 23.8. The Labute approximate surface area is 194 Å². The second-order valence-electron chi connectivity index (χ2n) is 9.24. The Hall–Kier alpha value is -2.72. The second kappa shape index (κ2) is 8.90. The van der Waals surface area contributed by atoms with Crippen LogP contribution in [0.2, 0.25) is 0 Å². The molecule has 4 rings (SSSR count). The smallest absolute Gasteiger partial charge is 0.318 e. The largest absolute Gasteiger partial charge is 0.381 e. The Morgan fingerprint density at radius 2 is 1.88 bits per heavy atom. The Balaban J connectivity index is 1.45. The van der Waals surface area contributed by atoms with Crippen molar-refractivity contribution in [3.63, 3.8) is 0 Å². The van der Waals surface area contributed by atoms with Crippen LogP contribution in [-0.4, -0.2) is 54.8 Å². The Morgan fingerprint density at radius 3 is 2.52 bits per heavy atom. The summed E-state index contributed by atoms with van der Waals surface area (Å²) in [7, 11) is -3.26. The molecule has 2 amide bonds. The molecule has 1 aromatic heterocycles. The fourth-order valence-electron chi connectivity index (χ4n) is 4.31. The molecule has 1 atom stereocenters. The second-order valence-corrected chi connectivity index (χ2v) is 11.3. The van der Waals surface area contributed by atoms with E-state index < -0.39 is 15.4 Å². The predicted octanol–water partition coefficient (Wildman–Crippen LogP) is 2.99. The van der Waals surface area contributed by atoms with Crippen LogP contribution in [0, 0.1) is 0 Å². The van der Waals surface area contributed by atoms with E-state index in [4.69, 9.17) is 9.72 Å². The predicted molar refractivity (Wildman–Crippen MR) is 125 cm³/mol. The monoisotopic (exact) mass is 473 g/mol. The number of fused-ring (bicyclic) bond motifs is 1. The molecule has 0 bridgehead atoms. The summed E-state index contributed by atoms with van der Waals surface area (Å²) in [6.45, 7) is 7.70. The number of benzene rings is 1. The highest BCUT2D eigenvalue weighted by Crippen LogP contribution is 2.38. The van der Waals surface area contributed by atoms with Crippen molar-refractivity contribution < 1.29 is 17.9 Å². The number of aromatic nitrogens is 2. The summed E-state index contributed by atoms with van der Waals surface area (Å²) in [6.07, 6.45) is 4.82. The van der Waals surface area contributed by atoms with Gasteiger partial charge in [-0.2, -0.15) is 0 Å². The summed E-state index contributed by atoms with van der Waals surface area (Å²) in [5, 5.41) is 6.41. The lowest BCUT2D eigenvalue weighted by Gasteiger charge is -2.33. The van der Waals surface area contributed by atoms with Gasteiger partial charge < -0.3 is 20.3 Å². The Bertz CT molecular complexity index is 1130. The van der Waals surface area contributed by atoms with E-state index >= 15 is 0 Å². The molecule has 0 aliphatic carbocycles. The third kappa shape index (κ3) is 4.96. The number of ether oxygens (including phenoxy) is 1. The van der Waals surface area contributed by atoms with E-state index in [0.717, 1.165) is 42.9 Å². The minimum Gasteiger partial charge on any atom is -0.381 e. The molecule has 9 nitrogen and oxygen atoms in total. The fraction of sp³-hybridized carbons (Fsp3) is 0.522. The number of nitrogens with zero attached hydrogens (tertiary/aromatic N) is 3. The van der Waals surface area contributed by atoms with E-state index in [1.807, 2.05) is 27.0 Å². The van der Waals surface area contributed by atoms with Gasteiger partial charge in [-0.1, -0.05) is 12.1 Å². The van der Waals surface area contributed by atoms with Gasteiger partial charge in [-0.05, 0) is 51.3 Å². The van der Waals surface area contributed by atoms with Gasteiger partial charge >= 0.3 is 6.03 Å². The third-order valence-corrected chi connectivity index (χ3v) is 7.59. The maximum atomic E-state index is 13.2. The summed E-state index contributed by atoms with van der Waals surface area (Å²) < 4.78 is 28.8. The molecule has 178 valence electrons. The standard InChI is InChI=1S/C23H31N5O4S/c1-15(16-5-7-18(8-6-16)33(4,30)31)25-22(29)28-14-20-19(23(28,2)3)13-24-21(27-20)26-17-9-11-32-12-10-17/h5-8,13,15,17H,9-12,14H2,1-4H3,(H,25,29)(H,24,26,27). The van der Waals surface area contributed by atoms with Crippen molar-refractivity contribution in [2.24, 2.45) is 0 Å². The molecule has 3 heterocycles. The van der Waals surface area contributed by atoms with E-state index in [-0.39, 0.29) is 17.0 Å². The number of carbonyl (C=O) groups excluding carboxylic acids is 1. The molecule has 0 radical (unpaired) electrons. The van der Waals surface area contributed by atoms with Crippen molar-refractivity contribution >= 4 is 21.8 Å². The number of anilines is 1. The van der Waals surface area contributed by atoms with Crippen LogP contribution < -0.4 is 10.6 Å². The molecule has 2 N–H and O–H groups in total. The number of urea groups is 1. The number of carbonyl (C=O) groups is 1. The lowest BCUT2D eigenvalue weighted by atomic mass is 9.97. The average Bonchev–Trinajstić information content (AvgIpc) is 3.04. The van der Waals surface area contributed by atoms with Crippen molar-refractivity contribution in [2.75, 3.05) is 24.8 Å². The van der Waals surface area contributed by atoms with Gasteiger partial charge in [-0.15, -0.1) is 0 Å². The van der Waals surface area contributed by atoms with Crippen LogP contribution in [0.4, 0.5) is 10.7 Å². The van der Waals surface area contributed by atoms with Gasteiger partial charge in [-0.3, -0.25) is 0 Å². The van der Waals surface area contributed by atoms with Gasteiger partial charge in [0.05, 0.1) is 28.7 Å². The minimum atomic E-state index is -3.26. The molecule has 1 saturated heterocycles. The van der Waals surface area contributed by atoms with Gasteiger partial charge in [0.15, 0.2) is 9.84 Å². The van der Waals surface area contributed by atoms with E-state index in [0.29, 0.717) is 18.5 Å². The van der Waals surface area contributed by atoms with Crippen molar-refractivity contribution in [1.82, 2.24) is 20.2 Å². The lowest BCUT2D eigenvalue weighted by molar-refractivity contribution is 0.0903. The minimum absolute atomic E-state index is 0.211. The topological polar surface area (TPSA) is 114 Å². The summed E-state index contributed by atoms with van der Waals surface area (Å²) in [5.41, 5.74) is 2.04. The van der Waals surface area contributed by atoms with Crippen LogP contribution in [-0.2, 0) is 26.7 Å². The maximum Gasteiger partial charge on any atom is 0.318 e. The lowest BCUT2D eigenvalue weighted by Crippen LogP contribution is -2.46. The normalized spacial score (nSPS) is 19.1. The highest BCUT2D eigenvalue weighted by molar-refractivity contribution is 7.90. The zero-order valence-corrected chi connectivity index (χ0v) is 20.3. The van der Waals surface area contributed by atoms with Gasteiger partial charge in [0.1, 0.15) is 0 Å². The molecule has 10 heteroatoms. The van der Waals surface area contributed by atoms with Crippen molar-refractivity contribution in [3.05, 3.63) is 47.3 Å². The first-order valence-electron chi connectivity index (χ1n) is 11.1. The van der Waals surface area contributed by atoms with E-state index in [9.17, 15) is 13.2 Å². The zero-order valence-electron chi connectivity index (χ0n) is 19.5. The summed E-state index contributed by atoms with van der Waals surface area (Å²) in [5.74, 6) is 0.582. The number of rotatable bonds is 5. The van der Waals surface area contributed by atoms with Crippen LogP contribution in [0.1, 0.15) is 56.5 Å². The molecule has 0 saturated carbocycles. The molecule has 1 aromatic carbocycles. The molecule has 0 spiro atoms. The fourth-order valence-corrected chi connectivity index (χ4v) is 4.94. The molecule has 2 aromatic rings. The van der Waals surface area contributed by atoms with Crippen LogP contribution in [0.25, 0.3) is 0 Å². The SMILES string of the molecule is CC(NC(=O)N1Cc2nc(NC3CCOCC3)ncc2C1(C)C)c1ccc(S(C)(=O)=O)cc1. The van der Waals surface area contributed by atoms with E-state index in [1.54, 1.807) is 29.2 Å². The van der Waals surface area contributed by atoms with Gasteiger partial charge in [0.25, 0.3) is 0 Å². The number of amides is 2. The summed E-state index contributed by atoms with van der Waals surface area (Å²) >= 11 is 0. The quantitative estimate of drug-likeness (QED) is 0.686. The molecular weight excluding hydrogens is 442 g/mol. The Kier molecular flexibility index (Phi) is 6.32. The molecular formula is C23H31N5O4S. The van der Waals surface area contributed by atoms with Crippen LogP contribution in [0.15, 0.2) is 35.4 Å². The highest BCUT2D eigenvalue weighted by Gasteiger charge is 2.42. The number of hydrogen-bond donors (Lipinski definition) is 2. The third-order valence-electron chi connectivity index (χ3n) is 6.46. The van der Waals surface area contributed by atoms with Crippen LogP contribution in [0.5, 0.6) is 0 Å². The highest BCUT2D eigenvalue weighted by atomic mass is 32.2. The van der Waals surface area contributed by atoms with Crippen LogP contribution in [0.3, 0.4) is 0 Å². The van der Waals surface area contributed by atoms with Gasteiger partial charge in [0.2, 0.25) is 5.95 Å². The first kappa shape index (κ1) is 23.4. The van der Waals surface area contributed by atoms with E-state index in [1.165, 1.54) is 6.26 Å². The van der Waals surface area contributed by atoms with Gasteiger partial charge in [0, 0.05) is 37.3 Å². The Morgan fingerprint density at radius 1 is 1.21 bits per heavy atom. The van der Waals surface area contributed by atoms with Gasteiger partial charge in [-0.25, -0.2) is 23.2 Å². The van der Waals surface area contributed by atoms with Crippen molar-refractivity contribution in [1.29, 1.82) is 0 Å². The molecule has 2 aliphatic rings. The number of hydrogen-bond acceptors (Lipinski definition) is 7. The maximum absolute atomic E-state index is 13.2. The van der Waals surface area contributed by atoms with E-state index in [2.05, 4.69) is 15.6 Å². The molecule has 2 aliphatic heterocycles. The summed E-state index contributed by atoms with van der Waals surface area (Å²) in [6, 6.07) is 6.37.